The number of halogens is 2. The highest BCUT2D eigenvalue weighted by Gasteiger charge is 1.91. The van der Waals surface area contributed by atoms with Crippen LogP contribution in [0.15, 0.2) is 12.3 Å². The molecular weight excluding hydrogens is 178 g/mol. The van der Waals surface area contributed by atoms with Gasteiger partial charge in [-0.2, -0.15) is 0 Å². The van der Waals surface area contributed by atoms with Crippen molar-refractivity contribution in [1.29, 1.82) is 0 Å². The Kier molecular flexibility index (Phi) is 4.58. The first-order valence-electron chi connectivity index (χ1n) is 3.47. The van der Waals surface area contributed by atoms with E-state index in [0.29, 0.717) is 0 Å². The smallest absolute Gasteiger partial charge is 0.397 e. The summed E-state index contributed by atoms with van der Waals surface area (Å²) < 4.78 is 19.4. The van der Waals surface area contributed by atoms with Crippen molar-refractivity contribution in [2.75, 3.05) is 5.73 Å². The third kappa shape index (κ3) is 5.72. The van der Waals surface area contributed by atoms with Crippen molar-refractivity contribution in [3.63, 3.8) is 0 Å². The van der Waals surface area contributed by atoms with Crippen LogP contribution in [0.4, 0.5) is 19.3 Å². The molecule has 13 heavy (non-hydrogen) atoms. The van der Waals surface area contributed by atoms with Gasteiger partial charge in [0, 0.05) is 5.69 Å². The fraction of sp³-hybridized carbons (Fsp3) is 0.250. The molecule has 0 aliphatic carbocycles. The third-order valence-electron chi connectivity index (χ3n) is 1.29. The molecule has 0 fully saturated rings. The van der Waals surface area contributed by atoms with E-state index in [0.717, 1.165) is 16.9 Å². The number of aryl methyl sites for hydroxylation is 2. The van der Waals surface area contributed by atoms with Crippen LogP contribution in [0.25, 0.3) is 0 Å². The lowest BCUT2D eigenvalue weighted by Crippen LogP contribution is -1.91. The average molecular weight is 188 g/mol. The van der Waals surface area contributed by atoms with Crippen LogP contribution in [0.3, 0.4) is 0 Å². The summed E-state index contributed by atoms with van der Waals surface area (Å²) in [6.45, 7) is 3.93. The number of aromatic nitrogens is 1. The Bertz CT molecular complexity index is 298. The van der Waals surface area contributed by atoms with Gasteiger partial charge in [-0.1, -0.05) is 0 Å². The third-order valence-corrected chi connectivity index (χ3v) is 1.29. The molecule has 0 aromatic carbocycles. The van der Waals surface area contributed by atoms with Crippen LogP contribution in [0, 0.1) is 13.8 Å². The van der Waals surface area contributed by atoms with Gasteiger partial charge in [0.25, 0.3) is 0 Å². The monoisotopic (exact) mass is 188 g/mol. The molecule has 0 atom stereocenters. The van der Waals surface area contributed by atoms with Crippen LogP contribution < -0.4 is 5.73 Å². The van der Waals surface area contributed by atoms with Gasteiger partial charge in [-0.25, -0.2) is 4.79 Å². The number of nitrogens with zero attached hydrogens (tertiary/aromatic N) is 1. The van der Waals surface area contributed by atoms with Gasteiger partial charge in [-0.05, 0) is 25.5 Å². The molecule has 0 saturated heterocycles. The minimum absolute atomic E-state index is 0.764. The average Bonchev–Trinajstić information content (AvgIpc) is 1.96. The molecule has 2 N–H and O–H groups in total. The molecule has 5 heteroatoms. The molecule has 0 bridgehead atoms. The lowest BCUT2D eigenvalue weighted by Gasteiger charge is -1.97. The van der Waals surface area contributed by atoms with Gasteiger partial charge in [0.15, 0.2) is 0 Å². The molecule has 0 aliphatic rings. The van der Waals surface area contributed by atoms with Crippen LogP contribution in [0.1, 0.15) is 11.3 Å². The number of anilines is 1. The first-order valence-corrected chi connectivity index (χ1v) is 3.47. The number of carbonyl (C=O) groups excluding carboxylic acids is 1. The molecular formula is C8H10F2N2O. The summed E-state index contributed by atoms with van der Waals surface area (Å²) in [5, 5.41) is 0. The van der Waals surface area contributed by atoms with Gasteiger partial charge in [0.05, 0.1) is 11.9 Å². The lowest BCUT2D eigenvalue weighted by atomic mass is 10.2. The number of rotatable bonds is 0. The molecule has 0 unspecified atom stereocenters. The van der Waals surface area contributed by atoms with Gasteiger partial charge in [-0.3, -0.25) is 4.98 Å². The van der Waals surface area contributed by atoms with Gasteiger partial charge in [0.2, 0.25) is 0 Å². The highest BCUT2D eigenvalue weighted by molar-refractivity contribution is 5.55. The van der Waals surface area contributed by atoms with Crippen LogP contribution in [0.5, 0.6) is 0 Å². The Balaban J connectivity index is 0.000000310. The molecule has 1 heterocycles. The summed E-state index contributed by atoms with van der Waals surface area (Å²) in [6.07, 6.45) is -1.15. The molecule has 0 amide bonds. The van der Waals surface area contributed by atoms with Crippen molar-refractivity contribution in [3.8, 4) is 0 Å². The maximum Gasteiger partial charge on any atom is 0.483 e. The van der Waals surface area contributed by atoms with Crippen molar-refractivity contribution < 1.29 is 13.6 Å². The molecule has 0 saturated carbocycles. The van der Waals surface area contributed by atoms with Crippen molar-refractivity contribution in [2.45, 2.75) is 13.8 Å². The lowest BCUT2D eigenvalue weighted by molar-refractivity contribution is 0.199. The van der Waals surface area contributed by atoms with E-state index in [1.54, 1.807) is 6.20 Å². The van der Waals surface area contributed by atoms with Crippen LogP contribution in [0.2, 0.25) is 0 Å². The summed E-state index contributed by atoms with van der Waals surface area (Å²) in [5.41, 5.74) is 8.41. The van der Waals surface area contributed by atoms with Crippen LogP contribution >= 0.6 is 0 Å². The van der Waals surface area contributed by atoms with Crippen molar-refractivity contribution in [2.24, 2.45) is 0 Å². The summed E-state index contributed by atoms with van der Waals surface area (Å²) in [7, 11) is 0. The van der Waals surface area contributed by atoms with Crippen molar-refractivity contribution in [1.82, 2.24) is 4.98 Å². The number of hydrogen-bond acceptors (Lipinski definition) is 3. The van der Waals surface area contributed by atoms with Crippen LogP contribution in [-0.4, -0.2) is 11.3 Å². The van der Waals surface area contributed by atoms with E-state index in [4.69, 9.17) is 10.5 Å². The maximum absolute atomic E-state index is 9.69. The second-order valence-corrected chi connectivity index (χ2v) is 2.41. The van der Waals surface area contributed by atoms with E-state index in [-0.39, 0.29) is 0 Å². The van der Waals surface area contributed by atoms with Gasteiger partial charge < -0.3 is 5.73 Å². The van der Waals surface area contributed by atoms with Crippen molar-refractivity contribution in [3.05, 3.63) is 23.5 Å². The second kappa shape index (κ2) is 5.18. The molecule has 1 rings (SSSR count). The molecule has 72 valence electrons. The summed E-state index contributed by atoms with van der Waals surface area (Å²) >= 11 is 0. The highest BCUT2D eigenvalue weighted by atomic mass is 19.3. The van der Waals surface area contributed by atoms with E-state index in [1.165, 1.54) is 0 Å². The predicted octanol–water partition coefficient (Wildman–Crippen LogP) is 2.33. The molecule has 1 aromatic heterocycles. The minimum Gasteiger partial charge on any atom is -0.397 e. The zero-order valence-electron chi connectivity index (χ0n) is 7.34. The number of carbonyl (C=O) groups is 1. The van der Waals surface area contributed by atoms with Crippen molar-refractivity contribution >= 4 is 12.0 Å². The Hall–Kier alpha value is -1.52. The highest BCUT2D eigenvalue weighted by Crippen LogP contribution is 2.07. The molecule has 0 radical (unpaired) electrons. The predicted molar refractivity (Wildman–Crippen MR) is 45.7 cm³/mol. The largest absolute Gasteiger partial charge is 0.483 e. The van der Waals surface area contributed by atoms with E-state index >= 15 is 0 Å². The number of hydrogen-bond donors (Lipinski definition) is 1. The fourth-order valence-electron chi connectivity index (χ4n) is 0.707. The first kappa shape index (κ1) is 11.5. The molecule has 0 spiro atoms. The summed E-state index contributed by atoms with van der Waals surface area (Å²) in [6, 6.07) is 1.97. The SMILES string of the molecule is Cc1cc(C)c(N)cn1.O=C(F)F. The standard InChI is InChI=1S/C7H10N2.CF2O/c1-5-3-6(2)9-4-7(5)8;2-1(3)4/h3-4H,8H2,1-2H3;. The Morgan fingerprint density at radius 2 is 1.92 bits per heavy atom. The first-order chi connectivity index (χ1) is 5.93. The zero-order valence-corrected chi connectivity index (χ0v) is 7.34. The van der Waals surface area contributed by atoms with E-state index in [2.05, 4.69) is 4.98 Å². The fourth-order valence-corrected chi connectivity index (χ4v) is 0.707. The van der Waals surface area contributed by atoms with Gasteiger partial charge in [0.1, 0.15) is 0 Å². The maximum atomic E-state index is 9.69. The molecule has 1 aromatic rings. The van der Waals surface area contributed by atoms with Gasteiger partial charge in [-0.15, -0.1) is 8.78 Å². The number of pyridine rings is 1. The van der Waals surface area contributed by atoms with Gasteiger partial charge >= 0.3 is 6.29 Å². The molecule has 3 nitrogen and oxygen atoms in total. The number of nitrogen functional groups attached to an aromatic ring is 1. The Labute approximate surface area is 74.6 Å². The summed E-state index contributed by atoms with van der Waals surface area (Å²) in [4.78, 5) is 12.1. The summed E-state index contributed by atoms with van der Waals surface area (Å²) in [5.74, 6) is 0. The Morgan fingerprint density at radius 1 is 1.46 bits per heavy atom. The van der Waals surface area contributed by atoms with Crippen LogP contribution in [-0.2, 0) is 0 Å². The Morgan fingerprint density at radius 3 is 2.23 bits per heavy atom. The normalized spacial score (nSPS) is 8.62. The van der Waals surface area contributed by atoms with E-state index in [1.807, 2.05) is 19.9 Å². The van der Waals surface area contributed by atoms with E-state index in [9.17, 15) is 8.78 Å². The van der Waals surface area contributed by atoms with E-state index < -0.39 is 6.29 Å². The molecule has 0 aliphatic heterocycles. The minimum atomic E-state index is -2.83. The quantitative estimate of drug-likeness (QED) is 0.635. The zero-order chi connectivity index (χ0) is 10.4. The topological polar surface area (TPSA) is 56.0 Å². The number of nitrogens with two attached hydrogens (primary N) is 1. The second-order valence-electron chi connectivity index (χ2n) is 2.41.